The van der Waals surface area contributed by atoms with Crippen molar-refractivity contribution in [1.82, 2.24) is 0 Å². The molecule has 0 spiro atoms. The van der Waals surface area contributed by atoms with E-state index in [2.05, 4.69) is 62.1 Å². The predicted octanol–water partition coefficient (Wildman–Crippen LogP) is 4.51. The van der Waals surface area contributed by atoms with Gasteiger partial charge >= 0.3 is 0 Å². The van der Waals surface area contributed by atoms with Crippen molar-refractivity contribution in [3.8, 4) is 0 Å². The quantitative estimate of drug-likeness (QED) is 0.728. The lowest BCUT2D eigenvalue weighted by Gasteiger charge is -2.16. The molecular weight excluding hydrogens is 268 g/mol. The lowest BCUT2D eigenvalue weighted by Crippen LogP contribution is -2.37. The first-order chi connectivity index (χ1) is 10.0. The Morgan fingerprint density at radius 2 is 1.38 bits per heavy atom. The second kappa shape index (κ2) is 5.80. The topological polar surface area (TPSA) is 0 Å². The monoisotopic (exact) mass is 294 g/mol. The van der Waals surface area contributed by atoms with Gasteiger partial charge in [-0.2, -0.15) is 0 Å². The Bertz CT molecular complexity index is 617. The first-order valence-electron chi connectivity index (χ1n) is 8.22. The maximum absolute atomic E-state index is 2.44. The zero-order chi connectivity index (χ0) is 14.9. The maximum Gasteiger partial charge on any atom is 0.0775 e. The fourth-order valence-electron chi connectivity index (χ4n) is 3.24. The van der Waals surface area contributed by atoms with Crippen molar-refractivity contribution >= 4 is 13.3 Å². The molecule has 0 radical (unpaired) electrons. The lowest BCUT2D eigenvalue weighted by molar-refractivity contribution is 0.910. The molecule has 0 atom stereocenters. The van der Waals surface area contributed by atoms with Gasteiger partial charge in [0.2, 0.25) is 0 Å². The van der Waals surface area contributed by atoms with Crippen molar-refractivity contribution < 1.29 is 0 Å². The molecule has 0 saturated heterocycles. The van der Waals surface area contributed by atoms with Crippen LogP contribution in [-0.4, -0.2) is 8.07 Å². The van der Waals surface area contributed by atoms with Crippen LogP contribution in [0.4, 0.5) is 0 Å². The van der Waals surface area contributed by atoms with E-state index in [9.17, 15) is 0 Å². The summed E-state index contributed by atoms with van der Waals surface area (Å²) >= 11 is 0. The van der Waals surface area contributed by atoms with Gasteiger partial charge in [0.25, 0.3) is 0 Å². The molecule has 2 aromatic rings. The molecule has 0 fully saturated rings. The molecule has 0 bridgehead atoms. The Morgan fingerprint density at radius 3 is 2.10 bits per heavy atom. The SMILES string of the molecule is C[Si](C)(C)c1ccc(CCc2ccc3c(c2)CCC3)cc1. The molecule has 0 N–H and O–H groups in total. The van der Waals surface area contributed by atoms with Crippen molar-refractivity contribution in [2.75, 3.05) is 0 Å². The number of aryl methyl sites for hydroxylation is 4. The molecule has 0 aromatic heterocycles. The second-order valence-corrected chi connectivity index (χ2v) is 12.5. The molecule has 0 nitrogen and oxygen atoms in total. The van der Waals surface area contributed by atoms with Crippen molar-refractivity contribution in [1.29, 1.82) is 0 Å². The summed E-state index contributed by atoms with van der Waals surface area (Å²) in [5.41, 5.74) is 6.15. The first kappa shape index (κ1) is 14.6. The second-order valence-electron chi connectivity index (χ2n) is 7.40. The summed E-state index contributed by atoms with van der Waals surface area (Å²) in [7, 11) is -1.15. The van der Waals surface area contributed by atoms with Crippen LogP contribution in [0.1, 0.15) is 28.7 Å². The molecule has 0 heterocycles. The number of hydrogen-bond donors (Lipinski definition) is 0. The van der Waals surface area contributed by atoms with Crippen LogP contribution < -0.4 is 5.19 Å². The molecule has 110 valence electrons. The molecule has 0 aliphatic heterocycles. The van der Waals surface area contributed by atoms with E-state index in [4.69, 9.17) is 0 Å². The Balaban J connectivity index is 1.65. The summed E-state index contributed by atoms with van der Waals surface area (Å²) in [4.78, 5) is 0. The van der Waals surface area contributed by atoms with Crippen molar-refractivity contribution in [3.05, 3.63) is 64.7 Å². The highest BCUT2D eigenvalue weighted by atomic mass is 28.3. The van der Waals surface area contributed by atoms with E-state index < -0.39 is 8.07 Å². The van der Waals surface area contributed by atoms with Crippen molar-refractivity contribution in [3.63, 3.8) is 0 Å². The van der Waals surface area contributed by atoms with Crippen LogP contribution in [0, 0.1) is 0 Å². The minimum Gasteiger partial charge on any atom is -0.0656 e. The molecule has 0 unspecified atom stereocenters. The fourth-order valence-corrected chi connectivity index (χ4v) is 4.41. The summed E-state index contributed by atoms with van der Waals surface area (Å²) in [6.07, 6.45) is 6.24. The zero-order valence-electron chi connectivity index (χ0n) is 13.6. The molecule has 21 heavy (non-hydrogen) atoms. The Morgan fingerprint density at radius 1 is 0.762 bits per heavy atom. The molecule has 1 aliphatic carbocycles. The van der Waals surface area contributed by atoms with Crippen LogP contribution in [0.5, 0.6) is 0 Å². The predicted molar refractivity (Wildman–Crippen MR) is 95.3 cm³/mol. The normalized spacial score (nSPS) is 14.2. The van der Waals surface area contributed by atoms with Gasteiger partial charge in [-0.1, -0.05) is 67.3 Å². The van der Waals surface area contributed by atoms with Gasteiger partial charge < -0.3 is 0 Å². The average molecular weight is 295 g/mol. The van der Waals surface area contributed by atoms with Gasteiger partial charge in [0, 0.05) is 0 Å². The molecular formula is C20H26Si. The molecule has 0 saturated carbocycles. The minimum absolute atomic E-state index is 1.15. The van der Waals surface area contributed by atoms with Gasteiger partial charge in [-0.25, -0.2) is 0 Å². The van der Waals surface area contributed by atoms with E-state index in [0.29, 0.717) is 0 Å². The molecule has 1 heteroatoms. The largest absolute Gasteiger partial charge is 0.0775 e. The smallest absolute Gasteiger partial charge is 0.0656 e. The van der Waals surface area contributed by atoms with Crippen LogP contribution in [0.25, 0.3) is 0 Å². The number of benzene rings is 2. The maximum atomic E-state index is 2.44. The average Bonchev–Trinajstić information content (AvgIpc) is 2.92. The minimum atomic E-state index is -1.15. The fraction of sp³-hybridized carbons (Fsp3) is 0.400. The van der Waals surface area contributed by atoms with E-state index in [0.717, 1.165) is 6.42 Å². The van der Waals surface area contributed by atoms with Gasteiger partial charge in [0.05, 0.1) is 8.07 Å². The Labute approximate surface area is 130 Å². The third kappa shape index (κ3) is 3.46. The van der Waals surface area contributed by atoms with Gasteiger partial charge in [-0.3, -0.25) is 0 Å². The number of rotatable bonds is 4. The van der Waals surface area contributed by atoms with Crippen LogP contribution in [0.3, 0.4) is 0 Å². The standard InChI is InChI=1S/C20H26Si/c1-21(2,3)20-13-10-16(11-14-20)7-8-17-9-12-18-5-4-6-19(18)15-17/h9-15H,4-8H2,1-3H3. The van der Waals surface area contributed by atoms with Gasteiger partial charge in [0.1, 0.15) is 0 Å². The Hall–Kier alpha value is -1.34. The van der Waals surface area contributed by atoms with Crippen LogP contribution >= 0.6 is 0 Å². The highest BCUT2D eigenvalue weighted by Gasteiger charge is 2.15. The molecule has 2 aromatic carbocycles. The summed E-state index contributed by atoms with van der Waals surface area (Å²) in [5, 5.41) is 1.56. The number of fused-ring (bicyclic) bond motifs is 1. The highest BCUT2D eigenvalue weighted by molar-refractivity contribution is 6.88. The van der Waals surface area contributed by atoms with Gasteiger partial charge in [-0.15, -0.1) is 0 Å². The third-order valence-electron chi connectivity index (χ3n) is 4.69. The summed E-state index contributed by atoms with van der Waals surface area (Å²) < 4.78 is 0. The third-order valence-corrected chi connectivity index (χ3v) is 6.75. The van der Waals surface area contributed by atoms with Crippen molar-refractivity contribution in [2.24, 2.45) is 0 Å². The van der Waals surface area contributed by atoms with E-state index >= 15 is 0 Å². The van der Waals surface area contributed by atoms with Crippen LogP contribution in [0.15, 0.2) is 42.5 Å². The van der Waals surface area contributed by atoms with Crippen LogP contribution in [0.2, 0.25) is 19.6 Å². The molecule has 3 rings (SSSR count). The van der Waals surface area contributed by atoms with Crippen molar-refractivity contribution in [2.45, 2.75) is 51.7 Å². The van der Waals surface area contributed by atoms with Gasteiger partial charge in [-0.05, 0) is 54.4 Å². The highest BCUT2D eigenvalue weighted by Crippen LogP contribution is 2.23. The molecule has 0 amide bonds. The van der Waals surface area contributed by atoms with E-state index in [1.807, 2.05) is 0 Å². The summed E-state index contributed by atoms with van der Waals surface area (Å²) in [5.74, 6) is 0. The summed E-state index contributed by atoms with van der Waals surface area (Å²) in [6.45, 7) is 7.23. The molecule has 1 aliphatic rings. The Kier molecular flexibility index (Phi) is 4.03. The first-order valence-corrected chi connectivity index (χ1v) is 11.7. The van der Waals surface area contributed by atoms with E-state index in [1.54, 1.807) is 16.3 Å². The zero-order valence-corrected chi connectivity index (χ0v) is 14.6. The summed E-state index contributed by atoms with van der Waals surface area (Å²) in [6, 6.07) is 16.5. The van der Waals surface area contributed by atoms with Crippen LogP contribution in [-0.2, 0) is 25.7 Å². The number of hydrogen-bond acceptors (Lipinski definition) is 0. The van der Waals surface area contributed by atoms with Gasteiger partial charge in [0.15, 0.2) is 0 Å². The lowest BCUT2D eigenvalue weighted by atomic mass is 10.0. The van der Waals surface area contributed by atoms with E-state index in [-0.39, 0.29) is 0 Å². The van der Waals surface area contributed by atoms with E-state index in [1.165, 1.54) is 36.8 Å².